The largest absolute Gasteiger partial charge is 0.462 e. The molecule has 0 aliphatic carbocycles. The minimum Gasteiger partial charge on any atom is -0.462 e. The van der Waals surface area contributed by atoms with Crippen molar-refractivity contribution >= 4 is 39.5 Å². The van der Waals surface area contributed by atoms with Gasteiger partial charge in [-0.1, -0.05) is 40.2 Å². The van der Waals surface area contributed by atoms with Gasteiger partial charge in [0.1, 0.15) is 0 Å². The van der Waals surface area contributed by atoms with E-state index >= 15 is 0 Å². The van der Waals surface area contributed by atoms with Crippen molar-refractivity contribution in [2.75, 3.05) is 18.5 Å². The summed E-state index contributed by atoms with van der Waals surface area (Å²) in [6.07, 6.45) is 0.0694. The summed E-state index contributed by atoms with van der Waals surface area (Å²) in [7, 11) is 0. The average Bonchev–Trinajstić information content (AvgIpc) is 2.62. The summed E-state index contributed by atoms with van der Waals surface area (Å²) < 4.78 is 10.8. The van der Waals surface area contributed by atoms with E-state index in [9.17, 15) is 14.4 Å². The zero-order chi connectivity index (χ0) is 18.9. The van der Waals surface area contributed by atoms with Crippen LogP contribution in [-0.2, 0) is 25.5 Å². The van der Waals surface area contributed by atoms with Crippen molar-refractivity contribution in [3.8, 4) is 0 Å². The van der Waals surface area contributed by atoms with Crippen molar-refractivity contribution in [1.29, 1.82) is 0 Å². The summed E-state index contributed by atoms with van der Waals surface area (Å²) in [5.41, 5.74) is 1.33. The predicted octanol–water partition coefficient (Wildman–Crippen LogP) is 3.35. The van der Waals surface area contributed by atoms with Gasteiger partial charge >= 0.3 is 11.9 Å². The van der Waals surface area contributed by atoms with Gasteiger partial charge in [-0.05, 0) is 36.8 Å². The lowest BCUT2D eigenvalue weighted by Crippen LogP contribution is -2.23. The molecule has 0 unspecified atom stereocenters. The first kappa shape index (κ1) is 19.7. The Labute approximate surface area is 159 Å². The number of rotatable bonds is 7. The molecule has 6 nitrogen and oxygen atoms in total. The van der Waals surface area contributed by atoms with Gasteiger partial charge < -0.3 is 14.8 Å². The third kappa shape index (κ3) is 6.00. The molecule has 0 heterocycles. The molecule has 0 bridgehead atoms. The molecule has 0 spiro atoms. The lowest BCUT2D eigenvalue weighted by Gasteiger charge is -2.10. The van der Waals surface area contributed by atoms with E-state index in [0.717, 1.165) is 10.0 Å². The van der Waals surface area contributed by atoms with Crippen LogP contribution in [0.15, 0.2) is 53.0 Å². The van der Waals surface area contributed by atoms with E-state index < -0.39 is 24.5 Å². The first-order valence-electron chi connectivity index (χ1n) is 7.95. The van der Waals surface area contributed by atoms with Gasteiger partial charge in [-0.25, -0.2) is 4.79 Å². The van der Waals surface area contributed by atoms with Crippen LogP contribution in [0.4, 0.5) is 5.69 Å². The Kier molecular flexibility index (Phi) is 7.35. The fraction of sp³-hybridized carbons (Fsp3) is 0.211. The number of carbonyl (C=O) groups excluding carboxylic acids is 3. The maximum atomic E-state index is 12.0. The van der Waals surface area contributed by atoms with E-state index in [1.54, 1.807) is 43.3 Å². The number of benzene rings is 2. The van der Waals surface area contributed by atoms with Crippen LogP contribution in [0.3, 0.4) is 0 Å². The van der Waals surface area contributed by atoms with E-state index in [2.05, 4.69) is 21.2 Å². The van der Waals surface area contributed by atoms with E-state index in [4.69, 9.17) is 9.47 Å². The van der Waals surface area contributed by atoms with Gasteiger partial charge in [0.05, 0.1) is 24.3 Å². The second-order valence-corrected chi connectivity index (χ2v) is 6.19. The maximum Gasteiger partial charge on any atom is 0.340 e. The molecule has 2 aromatic rings. The van der Waals surface area contributed by atoms with Gasteiger partial charge in [0, 0.05) is 4.47 Å². The highest BCUT2D eigenvalue weighted by atomic mass is 79.9. The molecule has 0 atom stereocenters. The lowest BCUT2D eigenvalue weighted by atomic mass is 10.1. The molecular formula is C19H18BrNO5. The van der Waals surface area contributed by atoms with Gasteiger partial charge in [0.15, 0.2) is 6.61 Å². The Morgan fingerprint density at radius 3 is 2.38 bits per heavy atom. The maximum absolute atomic E-state index is 12.0. The summed E-state index contributed by atoms with van der Waals surface area (Å²) >= 11 is 3.32. The van der Waals surface area contributed by atoms with Crippen molar-refractivity contribution in [3.63, 3.8) is 0 Å². The number of ether oxygens (including phenoxy) is 2. The second-order valence-electron chi connectivity index (χ2n) is 5.28. The Bertz CT molecular complexity index is 789. The van der Waals surface area contributed by atoms with Crippen molar-refractivity contribution in [2.24, 2.45) is 0 Å². The van der Waals surface area contributed by atoms with Gasteiger partial charge in [-0.3, -0.25) is 9.59 Å². The zero-order valence-electron chi connectivity index (χ0n) is 14.2. The van der Waals surface area contributed by atoms with Crippen LogP contribution in [0.25, 0.3) is 0 Å². The number of hydrogen-bond donors (Lipinski definition) is 1. The molecule has 136 valence electrons. The van der Waals surface area contributed by atoms with Crippen LogP contribution < -0.4 is 5.32 Å². The van der Waals surface area contributed by atoms with Crippen molar-refractivity contribution < 1.29 is 23.9 Å². The molecule has 1 N–H and O–H groups in total. The smallest absolute Gasteiger partial charge is 0.340 e. The molecule has 2 rings (SSSR count). The number of hydrogen-bond acceptors (Lipinski definition) is 5. The summed E-state index contributed by atoms with van der Waals surface area (Å²) in [5, 5.41) is 2.55. The first-order chi connectivity index (χ1) is 12.5. The minimum atomic E-state index is -0.536. The van der Waals surface area contributed by atoms with Crippen LogP contribution in [0.5, 0.6) is 0 Å². The topological polar surface area (TPSA) is 81.7 Å². The van der Waals surface area contributed by atoms with Crippen molar-refractivity contribution in [2.45, 2.75) is 13.3 Å². The highest BCUT2D eigenvalue weighted by Crippen LogP contribution is 2.16. The Morgan fingerprint density at radius 2 is 1.69 bits per heavy atom. The molecule has 0 saturated heterocycles. The standard InChI is InChI=1S/C19H18BrNO5/c1-2-25-19(24)15-5-3-4-6-16(15)21-17(22)12-26-18(23)11-13-7-9-14(20)10-8-13/h3-10H,2,11-12H2,1H3,(H,21,22). The molecule has 0 aliphatic heterocycles. The Balaban J connectivity index is 1.88. The van der Waals surface area contributed by atoms with Crippen LogP contribution in [0.1, 0.15) is 22.8 Å². The fourth-order valence-electron chi connectivity index (χ4n) is 2.13. The minimum absolute atomic E-state index is 0.0694. The molecule has 0 fully saturated rings. The molecular weight excluding hydrogens is 402 g/mol. The zero-order valence-corrected chi connectivity index (χ0v) is 15.7. The molecule has 2 aromatic carbocycles. The van der Waals surface area contributed by atoms with E-state index in [-0.39, 0.29) is 18.6 Å². The quantitative estimate of drug-likeness (QED) is 0.695. The molecule has 0 aliphatic rings. The number of nitrogens with one attached hydrogen (secondary N) is 1. The molecule has 1 amide bonds. The van der Waals surface area contributed by atoms with Crippen LogP contribution in [0.2, 0.25) is 0 Å². The number of halogens is 1. The molecule has 0 saturated carbocycles. The summed E-state index contributed by atoms with van der Waals surface area (Å²) in [5.74, 6) is -1.58. The van der Waals surface area contributed by atoms with Crippen LogP contribution in [-0.4, -0.2) is 31.1 Å². The monoisotopic (exact) mass is 419 g/mol. The van der Waals surface area contributed by atoms with Crippen LogP contribution >= 0.6 is 15.9 Å². The summed E-state index contributed by atoms with van der Waals surface area (Å²) in [6, 6.07) is 13.7. The third-order valence-corrected chi connectivity index (χ3v) is 3.85. The highest BCUT2D eigenvalue weighted by Gasteiger charge is 2.15. The average molecular weight is 420 g/mol. The van der Waals surface area contributed by atoms with E-state index in [0.29, 0.717) is 5.69 Å². The second kappa shape index (κ2) is 9.72. The summed E-state index contributed by atoms with van der Waals surface area (Å²) in [6.45, 7) is 1.49. The normalized spacial score (nSPS) is 10.1. The molecule has 7 heteroatoms. The number of esters is 2. The van der Waals surface area contributed by atoms with Gasteiger partial charge in [0.25, 0.3) is 5.91 Å². The molecule has 0 radical (unpaired) electrons. The molecule has 26 heavy (non-hydrogen) atoms. The number of anilines is 1. The van der Waals surface area contributed by atoms with Gasteiger partial charge in [-0.2, -0.15) is 0 Å². The van der Waals surface area contributed by atoms with E-state index in [1.807, 2.05) is 12.1 Å². The Hall–Kier alpha value is -2.67. The van der Waals surface area contributed by atoms with Gasteiger partial charge in [0.2, 0.25) is 0 Å². The number of para-hydroxylation sites is 1. The lowest BCUT2D eigenvalue weighted by molar-refractivity contribution is -0.146. The predicted molar refractivity (Wildman–Crippen MR) is 99.8 cm³/mol. The first-order valence-corrected chi connectivity index (χ1v) is 8.75. The SMILES string of the molecule is CCOC(=O)c1ccccc1NC(=O)COC(=O)Cc1ccc(Br)cc1. The van der Waals surface area contributed by atoms with Crippen molar-refractivity contribution in [3.05, 3.63) is 64.1 Å². The number of amides is 1. The number of carbonyl (C=O) groups is 3. The Morgan fingerprint density at radius 1 is 1.00 bits per heavy atom. The van der Waals surface area contributed by atoms with Crippen molar-refractivity contribution in [1.82, 2.24) is 0 Å². The van der Waals surface area contributed by atoms with Gasteiger partial charge in [-0.15, -0.1) is 0 Å². The summed E-state index contributed by atoms with van der Waals surface area (Å²) in [4.78, 5) is 35.7. The fourth-order valence-corrected chi connectivity index (χ4v) is 2.40. The molecule has 0 aromatic heterocycles. The van der Waals surface area contributed by atoms with E-state index in [1.165, 1.54) is 0 Å². The van der Waals surface area contributed by atoms with Crippen LogP contribution in [0, 0.1) is 0 Å². The third-order valence-electron chi connectivity index (χ3n) is 3.32. The highest BCUT2D eigenvalue weighted by molar-refractivity contribution is 9.10.